The van der Waals surface area contributed by atoms with Crippen molar-refractivity contribution < 1.29 is 9.13 Å². The summed E-state index contributed by atoms with van der Waals surface area (Å²) >= 11 is 5.67. The molecule has 0 fully saturated rings. The second-order valence-electron chi connectivity index (χ2n) is 4.94. The van der Waals surface area contributed by atoms with Crippen LogP contribution in [0, 0.1) is 12.7 Å². The zero-order valence-corrected chi connectivity index (χ0v) is 12.3. The Kier molecular flexibility index (Phi) is 4.14. The molecule has 3 nitrogen and oxygen atoms in total. The van der Waals surface area contributed by atoms with E-state index in [0.29, 0.717) is 11.4 Å². The average molecular weight is 295 g/mol. The van der Waals surface area contributed by atoms with Crippen molar-refractivity contribution in [3.05, 3.63) is 46.4 Å². The molecule has 2 aromatic rings. The van der Waals surface area contributed by atoms with E-state index in [4.69, 9.17) is 22.1 Å². The van der Waals surface area contributed by atoms with Gasteiger partial charge in [0.1, 0.15) is 5.75 Å². The fourth-order valence-electron chi connectivity index (χ4n) is 1.84. The molecule has 2 rings (SSSR count). The van der Waals surface area contributed by atoms with Gasteiger partial charge in [-0.2, -0.15) is 0 Å². The maximum Gasteiger partial charge on any atom is 0.255 e. The number of benzene rings is 1. The van der Waals surface area contributed by atoms with Crippen molar-refractivity contribution >= 4 is 17.3 Å². The largest absolute Gasteiger partial charge is 0.436 e. The first-order valence-electron chi connectivity index (χ1n) is 6.27. The van der Waals surface area contributed by atoms with Gasteiger partial charge in [0.15, 0.2) is 5.82 Å². The first kappa shape index (κ1) is 14.6. The van der Waals surface area contributed by atoms with E-state index in [1.165, 1.54) is 12.3 Å². The molecule has 2 N–H and O–H groups in total. The van der Waals surface area contributed by atoms with Gasteiger partial charge < -0.3 is 10.5 Å². The summed E-state index contributed by atoms with van der Waals surface area (Å²) in [7, 11) is 0. The van der Waals surface area contributed by atoms with Crippen LogP contribution in [0.15, 0.2) is 24.4 Å². The molecule has 0 aliphatic rings. The second kappa shape index (κ2) is 5.67. The normalized spacial score (nSPS) is 10.9. The fourth-order valence-corrected chi connectivity index (χ4v) is 1.98. The van der Waals surface area contributed by atoms with Crippen molar-refractivity contribution in [3.8, 4) is 11.6 Å². The van der Waals surface area contributed by atoms with Crippen LogP contribution in [-0.4, -0.2) is 4.98 Å². The van der Waals surface area contributed by atoms with Crippen LogP contribution in [0.2, 0.25) is 5.02 Å². The van der Waals surface area contributed by atoms with Gasteiger partial charge in [-0.3, -0.25) is 0 Å². The van der Waals surface area contributed by atoms with Crippen molar-refractivity contribution in [2.75, 3.05) is 5.73 Å². The van der Waals surface area contributed by atoms with Crippen LogP contribution >= 0.6 is 11.6 Å². The van der Waals surface area contributed by atoms with E-state index < -0.39 is 5.82 Å². The molecule has 1 heterocycles. The van der Waals surface area contributed by atoms with Crippen molar-refractivity contribution in [2.24, 2.45) is 0 Å². The molecule has 5 heteroatoms. The first-order valence-corrected chi connectivity index (χ1v) is 6.65. The summed E-state index contributed by atoms with van der Waals surface area (Å²) in [6.45, 7) is 5.91. The summed E-state index contributed by atoms with van der Waals surface area (Å²) in [5.41, 5.74) is 8.37. The molecule has 106 valence electrons. The lowest BCUT2D eigenvalue weighted by molar-refractivity contribution is 0.416. The van der Waals surface area contributed by atoms with E-state index >= 15 is 0 Å². The standard InChI is InChI=1S/C15H16ClFN2O/c1-8(2)11-6-13(18)9(3)4-14(11)20-15-12(17)5-10(16)7-19-15/h4-8H,18H2,1-3H3. The number of nitrogens with zero attached hydrogens (tertiary/aromatic N) is 1. The van der Waals surface area contributed by atoms with Gasteiger partial charge in [0.25, 0.3) is 5.88 Å². The number of pyridine rings is 1. The third-order valence-electron chi connectivity index (χ3n) is 3.00. The number of aromatic nitrogens is 1. The van der Waals surface area contributed by atoms with Crippen LogP contribution < -0.4 is 10.5 Å². The summed E-state index contributed by atoms with van der Waals surface area (Å²) in [5.74, 6) is 0.0610. The molecule has 0 radical (unpaired) electrons. The molecular formula is C15H16ClFN2O. The summed E-state index contributed by atoms with van der Waals surface area (Å²) in [4.78, 5) is 3.87. The zero-order valence-electron chi connectivity index (χ0n) is 11.6. The van der Waals surface area contributed by atoms with Gasteiger partial charge in [0.05, 0.1) is 5.02 Å². The molecule has 0 saturated carbocycles. The topological polar surface area (TPSA) is 48.1 Å². The Morgan fingerprint density at radius 1 is 1.30 bits per heavy atom. The molecule has 0 saturated heterocycles. The maximum absolute atomic E-state index is 13.8. The Hall–Kier alpha value is -1.81. The molecule has 1 aromatic carbocycles. The van der Waals surface area contributed by atoms with Crippen LogP contribution in [0.3, 0.4) is 0 Å². The molecule has 0 unspecified atom stereocenters. The molecule has 20 heavy (non-hydrogen) atoms. The van der Waals surface area contributed by atoms with Crippen LogP contribution in [0.5, 0.6) is 11.6 Å². The highest BCUT2D eigenvalue weighted by Crippen LogP contribution is 2.34. The van der Waals surface area contributed by atoms with Crippen molar-refractivity contribution in [2.45, 2.75) is 26.7 Å². The molecule has 0 spiro atoms. The number of hydrogen-bond acceptors (Lipinski definition) is 3. The SMILES string of the molecule is Cc1cc(Oc2ncc(Cl)cc2F)c(C(C)C)cc1N. The van der Waals surface area contributed by atoms with Crippen LogP contribution in [0.4, 0.5) is 10.1 Å². The Labute approximate surface area is 122 Å². The van der Waals surface area contributed by atoms with E-state index in [2.05, 4.69) is 4.98 Å². The number of rotatable bonds is 3. The maximum atomic E-state index is 13.8. The average Bonchev–Trinajstić information content (AvgIpc) is 2.36. The lowest BCUT2D eigenvalue weighted by atomic mass is 9.99. The third kappa shape index (κ3) is 3.02. The Bertz CT molecular complexity index is 644. The lowest BCUT2D eigenvalue weighted by Gasteiger charge is -2.16. The number of hydrogen-bond donors (Lipinski definition) is 1. The van der Waals surface area contributed by atoms with Gasteiger partial charge in [-0.05, 0) is 42.2 Å². The number of aryl methyl sites for hydroxylation is 1. The number of ether oxygens (including phenoxy) is 1. The highest BCUT2D eigenvalue weighted by Gasteiger charge is 2.14. The second-order valence-corrected chi connectivity index (χ2v) is 5.38. The Morgan fingerprint density at radius 2 is 2.00 bits per heavy atom. The number of halogens is 2. The summed E-state index contributed by atoms with van der Waals surface area (Å²) in [5, 5.41) is 0.229. The Balaban J connectivity index is 2.44. The smallest absolute Gasteiger partial charge is 0.255 e. The highest BCUT2D eigenvalue weighted by atomic mass is 35.5. The number of nitrogens with two attached hydrogens (primary N) is 1. The molecule has 1 aromatic heterocycles. The van der Waals surface area contributed by atoms with Gasteiger partial charge in [0, 0.05) is 11.9 Å². The van der Waals surface area contributed by atoms with Gasteiger partial charge in [0.2, 0.25) is 0 Å². The van der Waals surface area contributed by atoms with Gasteiger partial charge in [-0.1, -0.05) is 25.4 Å². The van der Waals surface area contributed by atoms with Crippen molar-refractivity contribution in [3.63, 3.8) is 0 Å². The lowest BCUT2D eigenvalue weighted by Crippen LogP contribution is -2.00. The van der Waals surface area contributed by atoms with Gasteiger partial charge >= 0.3 is 0 Å². The fraction of sp³-hybridized carbons (Fsp3) is 0.267. The van der Waals surface area contributed by atoms with E-state index in [1.54, 1.807) is 6.07 Å². The quantitative estimate of drug-likeness (QED) is 0.836. The number of anilines is 1. The van der Waals surface area contributed by atoms with E-state index in [9.17, 15) is 4.39 Å². The molecule has 0 bridgehead atoms. The van der Waals surface area contributed by atoms with Crippen LogP contribution in [-0.2, 0) is 0 Å². The molecular weight excluding hydrogens is 279 g/mol. The van der Waals surface area contributed by atoms with Gasteiger partial charge in [-0.15, -0.1) is 0 Å². The van der Waals surface area contributed by atoms with Crippen LogP contribution in [0.25, 0.3) is 0 Å². The van der Waals surface area contributed by atoms with E-state index in [0.717, 1.165) is 11.1 Å². The predicted molar refractivity (Wildman–Crippen MR) is 79.0 cm³/mol. The number of nitrogen functional groups attached to an aromatic ring is 1. The molecule has 0 aliphatic heterocycles. The van der Waals surface area contributed by atoms with Crippen molar-refractivity contribution in [1.82, 2.24) is 4.98 Å². The highest BCUT2D eigenvalue weighted by molar-refractivity contribution is 6.30. The third-order valence-corrected chi connectivity index (χ3v) is 3.21. The summed E-state index contributed by atoms with van der Waals surface area (Å²) < 4.78 is 19.3. The van der Waals surface area contributed by atoms with Crippen LogP contribution in [0.1, 0.15) is 30.9 Å². The van der Waals surface area contributed by atoms with E-state index in [1.807, 2.05) is 26.8 Å². The monoisotopic (exact) mass is 294 g/mol. The minimum atomic E-state index is -0.596. The summed E-state index contributed by atoms with van der Waals surface area (Å²) in [6, 6.07) is 4.81. The van der Waals surface area contributed by atoms with E-state index in [-0.39, 0.29) is 16.8 Å². The minimum Gasteiger partial charge on any atom is -0.436 e. The molecule has 0 amide bonds. The molecule has 0 aliphatic carbocycles. The summed E-state index contributed by atoms with van der Waals surface area (Å²) in [6.07, 6.45) is 1.35. The predicted octanol–water partition coefficient (Wildman–Crippen LogP) is 4.68. The van der Waals surface area contributed by atoms with Gasteiger partial charge in [-0.25, -0.2) is 9.37 Å². The molecule has 0 atom stereocenters. The minimum absolute atomic E-state index is 0.0968. The first-order chi connectivity index (χ1) is 9.38. The Morgan fingerprint density at radius 3 is 2.60 bits per heavy atom. The zero-order chi connectivity index (χ0) is 14.9. The van der Waals surface area contributed by atoms with Crippen molar-refractivity contribution in [1.29, 1.82) is 0 Å².